The van der Waals surface area contributed by atoms with Crippen molar-refractivity contribution in [3.05, 3.63) is 48.0 Å². The maximum atomic E-state index is 13.7. The Bertz CT molecular complexity index is 1290. The van der Waals surface area contributed by atoms with Crippen molar-refractivity contribution in [2.75, 3.05) is 7.11 Å². The van der Waals surface area contributed by atoms with E-state index in [1.165, 1.54) is 13.2 Å². The summed E-state index contributed by atoms with van der Waals surface area (Å²) >= 11 is 0. The number of nitrogens with two attached hydrogens (primary N) is 2. The molecule has 5 atom stereocenters. The molecule has 0 aromatic heterocycles. The summed E-state index contributed by atoms with van der Waals surface area (Å²) in [5.74, 6) is -5.52. The lowest BCUT2D eigenvalue weighted by molar-refractivity contribution is -0.138. The average molecular weight is 675 g/mol. The number of primary amides is 1. The van der Waals surface area contributed by atoms with Gasteiger partial charge in [-0.25, -0.2) is 4.79 Å². The van der Waals surface area contributed by atoms with E-state index in [9.17, 15) is 33.6 Å². The SMILES string of the molecule is COC(=O)/C=C/[C@H](CCC(N)=O)NC(=O)[C@H](Cc1ccccc1)NC(=O)[C@H](CC(C)C)NC(=O)[C@H](NC(=O)[C@@H](N)CCC(=O)O)C(C)C. The molecule has 1 aromatic rings. The maximum Gasteiger partial charge on any atom is 0.330 e. The number of carboxylic acids is 1. The first-order valence-electron chi connectivity index (χ1n) is 15.8. The largest absolute Gasteiger partial charge is 0.481 e. The van der Waals surface area contributed by atoms with Crippen LogP contribution >= 0.6 is 0 Å². The van der Waals surface area contributed by atoms with Gasteiger partial charge in [0.15, 0.2) is 0 Å². The number of nitrogens with one attached hydrogen (secondary N) is 4. The highest BCUT2D eigenvalue weighted by Crippen LogP contribution is 2.11. The van der Waals surface area contributed by atoms with Crippen molar-refractivity contribution in [1.29, 1.82) is 0 Å². The Labute approximate surface area is 281 Å². The molecule has 0 spiro atoms. The van der Waals surface area contributed by atoms with Crippen molar-refractivity contribution in [2.24, 2.45) is 23.3 Å². The third-order valence-corrected chi connectivity index (χ3v) is 7.20. The number of esters is 1. The van der Waals surface area contributed by atoms with E-state index in [0.717, 1.165) is 11.6 Å². The maximum absolute atomic E-state index is 13.7. The van der Waals surface area contributed by atoms with Crippen molar-refractivity contribution in [2.45, 2.75) is 96.4 Å². The van der Waals surface area contributed by atoms with E-state index in [-0.39, 0.29) is 44.4 Å². The monoisotopic (exact) mass is 674 g/mol. The van der Waals surface area contributed by atoms with Crippen molar-refractivity contribution < 1.29 is 43.4 Å². The Morgan fingerprint density at radius 1 is 0.812 bits per heavy atom. The second-order valence-corrected chi connectivity index (χ2v) is 12.2. The van der Waals surface area contributed by atoms with Gasteiger partial charge in [-0.1, -0.05) is 64.1 Å². The molecule has 15 heteroatoms. The van der Waals surface area contributed by atoms with Gasteiger partial charge in [0.05, 0.1) is 13.2 Å². The Balaban J connectivity index is 3.26. The average Bonchev–Trinajstić information content (AvgIpc) is 3.02. The van der Waals surface area contributed by atoms with Crippen molar-refractivity contribution in [3.8, 4) is 0 Å². The number of carbonyl (C=O) groups excluding carboxylic acids is 6. The van der Waals surface area contributed by atoms with Gasteiger partial charge in [0.25, 0.3) is 0 Å². The summed E-state index contributed by atoms with van der Waals surface area (Å²) in [4.78, 5) is 87.5. The minimum absolute atomic E-state index is 0.0689. The van der Waals surface area contributed by atoms with Crippen LogP contribution in [0.15, 0.2) is 42.5 Å². The van der Waals surface area contributed by atoms with Crippen LogP contribution in [0.3, 0.4) is 0 Å². The zero-order valence-corrected chi connectivity index (χ0v) is 28.2. The normalized spacial score (nSPS) is 14.3. The molecule has 0 fully saturated rings. The molecule has 1 rings (SSSR count). The molecule has 0 heterocycles. The third-order valence-electron chi connectivity index (χ3n) is 7.20. The number of benzene rings is 1. The standard InChI is InChI=1S/C33H50N6O9/c1-19(2)17-24(38-33(47)29(20(3)4)39-30(44)23(34)13-15-27(41)42)32(46)37-25(18-21-9-7-6-8-10-21)31(45)36-22(11-14-26(35)40)12-16-28(43)48-5/h6-10,12,16,19-20,22-25,29H,11,13-15,17-18,34H2,1-5H3,(H2,35,40)(H,36,45)(H,37,46)(H,38,47)(H,39,44)(H,41,42)/b16-12+/t22-,23-,24-,25-,29+/m0/s1. The van der Waals surface area contributed by atoms with Crippen molar-refractivity contribution in [3.63, 3.8) is 0 Å². The number of ether oxygens (including phenoxy) is 1. The second kappa shape index (κ2) is 21.2. The highest BCUT2D eigenvalue weighted by Gasteiger charge is 2.32. The fraction of sp³-hybridized carbons (Fsp3) is 0.545. The number of hydrogen-bond acceptors (Lipinski definition) is 9. The molecule has 0 bridgehead atoms. The molecule has 0 aliphatic heterocycles. The first-order valence-corrected chi connectivity index (χ1v) is 15.8. The van der Waals surface area contributed by atoms with Crippen LogP contribution in [0.25, 0.3) is 0 Å². The van der Waals surface area contributed by atoms with Gasteiger partial charge in [0, 0.05) is 31.4 Å². The quantitative estimate of drug-likeness (QED) is 0.0682. The molecular weight excluding hydrogens is 624 g/mol. The lowest BCUT2D eigenvalue weighted by Gasteiger charge is -2.28. The number of carbonyl (C=O) groups is 7. The van der Waals surface area contributed by atoms with E-state index >= 15 is 0 Å². The molecule has 0 radical (unpaired) electrons. The van der Waals surface area contributed by atoms with Crippen LogP contribution in [-0.4, -0.2) is 83.9 Å². The highest BCUT2D eigenvalue weighted by molar-refractivity contribution is 5.95. The molecule has 1 aromatic carbocycles. The summed E-state index contributed by atoms with van der Waals surface area (Å²) in [6, 6.07) is 3.61. The molecule has 0 aliphatic carbocycles. The topological polar surface area (TPSA) is 249 Å². The molecule has 15 nitrogen and oxygen atoms in total. The zero-order valence-electron chi connectivity index (χ0n) is 28.2. The van der Waals surface area contributed by atoms with Gasteiger partial charge in [0.1, 0.15) is 18.1 Å². The van der Waals surface area contributed by atoms with Crippen LogP contribution in [0, 0.1) is 11.8 Å². The Morgan fingerprint density at radius 2 is 1.42 bits per heavy atom. The number of hydrogen-bond donors (Lipinski definition) is 7. The summed E-state index contributed by atoms with van der Waals surface area (Å²) in [7, 11) is 1.19. The van der Waals surface area contributed by atoms with E-state index in [2.05, 4.69) is 26.0 Å². The van der Waals surface area contributed by atoms with Crippen LogP contribution in [0.5, 0.6) is 0 Å². The lowest BCUT2D eigenvalue weighted by atomic mass is 9.98. The van der Waals surface area contributed by atoms with E-state index in [1.54, 1.807) is 44.2 Å². The third kappa shape index (κ3) is 16.2. The fourth-order valence-corrected chi connectivity index (χ4v) is 4.56. The predicted octanol–water partition coefficient (Wildman–Crippen LogP) is 0.0572. The van der Waals surface area contributed by atoms with Gasteiger partial charge in [0.2, 0.25) is 29.5 Å². The predicted molar refractivity (Wildman–Crippen MR) is 177 cm³/mol. The van der Waals surface area contributed by atoms with Gasteiger partial charge in [-0.2, -0.15) is 0 Å². The van der Waals surface area contributed by atoms with E-state index in [4.69, 9.17) is 16.6 Å². The molecule has 9 N–H and O–H groups in total. The number of aliphatic carboxylic acids is 1. The Hall–Kier alpha value is -4.79. The van der Waals surface area contributed by atoms with Gasteiger partial charge in [-0.05, 0) is 36.7 Å². The molecule has 48 heavy (non-hydrogen) atoms. The minimum Gasteiger partial charge on any atom is -0.481 e. The molecule has 0 saturated carbocycles. The smallest absolute Gasteiger partial charge is 0.330 e. The molecular formula is C33H50N6O9. The fourth-order valence-electron chi connectivity index (χ4n) is 4.56. The van der Waals surface area contributed by atoms with Gasteiger partial charge in [-0.15, -0.1) is 0 Å². The molecule has 0 aliphatic rings. The minimum atomic E-state index is -1.16. The number of amides is 5. The number of methoxy groups -OCH3 is 1. The van der Waals surface area contributed by atoms with Crippen molar-refractivity contribution in [1.82, 2.24) is 21.3 Å². The Morgan fingerprint density at radius 3 is 1.96 bits per heavy atom. The summed E-state index contributed by atoms with van der Waals surface area (Å²) < 4.78 is 4.61. The molecule has 266 valence electrons. The molecule has 0 unspecified atom stereocenters. The van der Waals surface area contributed by atoms with Gasteiger partial charge in [-0.3, -0.25) is 28.8 Å². The van der Waals surface area contributed by atoms with E-state index < -0.39 is 77.6 Å². The Kier molecular flexibility index (Phi) is 18.2. The van der Waals surface area contributed by atoms with Gasteiger partial charge >= 0.3 is 11.9 Å². The van der Waals surface area contributed by atoms with E-state index in [0.29, 0.717) is 0 Å². The summed E-state index contributed by atoms with van der Waals surface area (Å²) in [5, 5.41) is 19.6. The zero-order chi connectivity index (χ0) is 36.4. The molecule has 5 amide bonds. The van der Waals surface area contributed by atoms with Crippen LogP contribution in [0.1, 0.15) is 65.4 Å². The first kappa shape index (κ1) is 41.2. The summed E-state index contributed by atoms with van der Waals surface area (Å²) in [6.07, 6.45) is 2.27. The lowest BCUT2D eigenvalue weighted by Crippen LogP contribution is -2.59. The molecule has 0 saturated heterocycles. The number of carboxylic acid groups (broad SMARTS) is 1. The van der Waals surface area contributed by atoms with Crippen LogP contribution in [0.2, 0.25) is 0 Å². The number of rotatable bonds is 21. The second-order valence-electron chi connectivity index (χ2n) is 12.2. The summed E-state index contributed by atoms with van der Waals surface area (Å²) in [5.41, 5.74) is 11.8. The van der Waals surface area contributed by atoms with Crippen LogP contribution < -0.4 is 32.7 Å². The first-order chi connectivity index (χ1) is 22.5. The van der Waals surface area contributed by atoms with Crippen LogP contribution in [0.4, 0.5) is 0 Å². The van der Waals surface area contributed by atoms with Crippen molar-refractivity contribution >= 4 is 41.5 Å². The highest BCUT2D eigenvalue weighted by atomic mass is 16.5. The summed E-state index contributed by atoms with van der Waals surface area (Å²) in [6.45, 7) is 7.07. The van der Waals surface area contributed by atoms with E-state index in [1.807, 2.05) is 13.8 Å². The van der Waals surface area contributed by atoms with Crippen LogP contribution in [-0.2, 0) is 44.7 Å². The van der Waals surface area contributed by atoms with Gasteiger partial charge < -0.3 is 42.6 Å².